The van der Waals surface area contributed by atoms with Crippen molar-refractivity contribution in [1.82, 2.24) is 0 Å². The first-order valence-electron chi connectivity index (χ1n) is 5.96. The number of carboxylic acids is 1. The van der Waals surface area contributed by atoms with Gasteiger partial charge in [-0.15, -0.1) is 0 Å². The molecule has 0 aromatic heterocycles. The molecule has 0 aliphatic rings. The van der Waals surface area contributed by atoms with Gasteiger partial charge >= 0.3 is 5.97 Å². The van der Waals surface area contributed by atoms with Crippen LogP contribution < -0.4 is 10.1 Å². The van der Waals surface area contributed by atoms with E-state index in [0.717, 1.165) is 0 Å². The zero-order chi connectivity index (χ0) is 14.5. The van der Waals surface area contributed by atoms with E-state index < -0.39 is 11.4 Å². The average Bonchev–Trinajstić information content (AvgIpc) is 2.38. The molecule has 1 aromatic carbocycles. The number of ether oxygens (including phenoxy) is 1. The fourth-order valence-electron chi connectivity index (χ4n) is 1.51. The number of benzene rings is 1. The Labute approximate surface area is 112 Å². The molecule has 0 radical (unpaired) electrons. The Balaban J connectivity index is 2.72. The molecule has 0 heterocycles. The summed E-state index contributed by atoms with van der Waals surface area (Å²) in [6.07, 6.45) is 0.463. The zero-order valence-electron chi connectivity index (χ0n) is 11.4. The normalized spacial score (nSPS) is 10.6. The monoisotopic (exact) mass is 262 g/mol. The first-order chi connectivity index (χ1) is 8.90. The number of nitrogens with zero attached hydrogens (tertiary/aromatic N) is 1. The smallest absolute Gasteiger partial charge is 0.309 e. The highest BCUT2D eigenvalue weighted by Crippen LogP contribution is 2.24. The van der Waals surface area contributed by atoms with E-state index in [1.807, 2.05) is 0 Å². The number of aliphatic carboxylic acids is 1. The lowest BCUT2D eigenvalue weighted by Gasteiger charge is -2.19. The third-order valence-corrected chi connectivity index (χ3v) is 2.99. The molecule has 5 heteroatoms. The van der Waals surface area contributed by atoms with Crippen LogP contribution in [0.15, 0.2) is 18.2 Å². The maximum absolute atomic E-state index is 11.0. The third-order valence-electron chi connectivity index (χ3n) is 2.99. The minimum Gasteiger partial charge on any atom is -0.497 e. The standard InChI is InChI=1S/C14H18N2O3/c1-14(2,13(17)18)6-7-16-12-8-11(19-3)5-4-10(12)9-15/h4-5,8,16H,6-7H2,1-3H3,(H,17,18). The zero-order valence-corrected chi connectivity index (χ0v) is 11.4. The predicted octanol–water partition coefficient (Wildman–Crippen LogP) is 2.48. The molecule has 1 aromatic rings. The van der Waals surface area contributed by atoms with Crippen LogP contribution >= 0.6 is 0 Å². The van der Waals surface area contributed by atoms with Gasteiger partial charge in [-0.1, -0.05) is 0 Å². The van der Waals surface area contributed by atoms with Gasteiger partial charge in [0.1, 0.15) is 11.8 Å². The van der Waals surface area contributed by atoms with E-state index in [1.165, 1.54) is 0 Å². The summed E-state index contributed by atoms with van der Waals surface area (Å²) in [5.41, 5.74) is 0.371. The van der Waals surface area contributed by atoms with Crippen LogP contribution in [-0.4, -0.2) is 24.7 Å². The molecule has 1 rings (SSSR count). The van der Waals surface area contributed by atoms with Gasteiger partial charge in [0.2, 0.25) is 0 Å². The number of carboxylic acid groups (broad SMARTS) is 1. The molecule has 0 aliphatic heterocycles. The molecule has 0 aliphatic carbocycles. The molecule has 0 saturated heterocycles. The molecule has 0 fully saturated rings. The number of hydrogen-bond donors (Lipinski definition) is 2. The van der Waals surface area contributed by atoms with Gasteiger partial charge in [0.25, 0.3) is 0 Å². The Kier molecular flexibility index (Phi) is 4.76. The molecule has 2 N–H and O–H groups in total. The van der Waals surface area contributed by atoms with Crippen LogP contribution in [0.4, 0.5) is 5.69 Å². The SMILES string of the molecule is COc1ccc(C#N)c(NCCC(C)(C)C(=O)O)c1. The van der Waals surface area contributed by atoms with Gasteiger partial charge in [0, 0.05) is 12.6 Å². The number of anilines is 1. The average molecular weight is 262 g/mol. The molecule has 0 amide bonds. The number of carbonyl (C=O) groups is 1. The Morgan fingerprint density at radius 3 is 2.74 bits per heavy atom. The molecular formula is C14H18N2O3. The van der Waals surface area contributed by atoms with Gasteiger partial charge in [-0.2, -0.15) is 5.26 Å². The largest absolute Gasteiger partial charge is 0.497 e. The van der Waals surface area contributed by atoms with Crippen LogP contribution in [0.2, 0.25) is 0 Å². The van der Waals surface area contributed by atoms with E-state index in [-0.39, 0.29) is 0 Å². The molecule has 0 bridgehead atoms. The topological polar surface area (TPSA) is 82.3 Å². The maximum Gasteiger partial charge on any atom is 0.309 e. The van der Waals surface area contributed by atoms with Crippen LogP contribution in [0.5, 0.6) is 5.75 Å². The molecule has 0 atom stereocenters. The molecule has 0 saturated carbocycles. The summed E-state index contributed by atoms with van der Waals surface area (Å²) in [5.74, 6) is -0.181. The van der Waals surface area contributed by atoms with E-state index in [9.17, 15) is 4.79 Å². The highest BCUT2D eigenvalue weighted by atomic mass is 16.5. The maximum atomic E-state index is 11.0. The molecule has 5 nitrogen and oxygen atoms in total. The van der Waals surface area contributed by atoms with Crippen LogP contribution in [0, 0.1) is 16.7 Å². The molecule has 19 heavy (non-hydrogen) atoms. The van der Waals surface area contributed by atoms with E-state index in [2.05, 4.69) is 11.4 Å². The summed E-state index contributed by atoms with van der Waals surface area (Å²) in [6.45, 7) is 3.82. The number of rotatable bonds is 6. The van der Waals surface area contributed by atoms with Crippen molar-refractivity contribution in [2.45, 2.75) is 20.3 Å². The van der Waals surface area contributed by atoms with Gasteiger partial charge in [-0.05, 0) is 32.4 Å². The second-order valence-corrected chi connectivity index (χ2v) is 4.89. The summed E-state index contributed by atoms with van der Waals surface area (Å²) < 4.78 is 5.10. The van der Waals surface area contributed by atoms with Crippen molar-refractivity contribution in [3.05, 3.63) is 23.8 Å². The second kappa shape index (κ2) is 6.10. The van der Waals surface area contributed by atoms with Crippen molar-refractivity contribution in [3.63, 3.8) is 0 Å². The second-order valence-electron chi connectivity index (χ2n) is 4.89. The summed E-state index contributed by atoms with van der Waals surface area (Å²) in [5, 5.41) is 21.1. The molecular weight excluding hydrogens is 244 g/mol. The predicted molar refractivity (Wildman–Crippen MR) is 72.2 cm³/mol. The summed E-state index contributed by atoms with van der Waals surface area (Å²) in [4.78, 5) is 11.0. The van der Waals surface area contributed by atoms with Gasteiger partial charge in [0.05, 0.1) is 23.8 Å². The van der Waals surface area contributed by atoms with Crippen molar-refractivity contribution in [2.75, 3.05) is 19.0 Å². The van der Waals surface area contributed by atoms with Crippen molar-refractivity contribution < 1.29 is 14.6 Å². The number of nitrogens with one attached hydrogen (secondary N) is 1. The summed E-state index contributed by atoms with van der Waals surface area (Å²) in [7, 11) is 1.55. The van der Waals surface area contributed by atoms with Crippen molar-refractivity contribution in [1.29, 1.82) is 5.26 Å². The van der Waals surface area contributed by atoms with Gasteiger partial charge in [-0.3, -0.25) is 4.79 Å². The quantitative estimate of drug-likeness (QED) is 0.823. The van der Waals surface area contributed by atoms with Crippen molar-refractivity contribution >= 4 is 11.7 Å². The summed E-state index contributed by atoms with van der Waals surface area (Å²) >= 11 is 0. The fourth-order valence-corrected chi connectivity index (χ4v) is 1.51. The van der Waals surface area contributed by atoms with Gasteiger partial charge in [0.15, 0.2) is 0 Å². The molecule has 0 spiro atoms. The molecule has 0 unspecified atom stereocenters. The number of methoxy groups -OCH3 is 1. The first kappa shape index (κ1) is 14.8. The van der Waals surface area contributed by atoms with E-state index in [4.69, 9.17) is 15.1 Å². The minimum absolute atomic E-state index is 0.463. The van der Waals surface area contributed by atoms with E-state index >= 15 is 0 Å². The van der Waals surface area contributed by atoms with Gasteiger partial charge in [-0.25, -0.2) is 0 Å². The minimum atomic E-state index is -0.833. The molecule has 102 valence electrons. The van der Waals surface area contributed by atoms with Crippen molar-refractivity contribution in [3.8, 4) is 11.8 Å². The van der Waals surface area contributed by atoms with Crippen LogP contribution in [0.3, 0.4) is 0 Å². The van der Waals surface area contributed by atoms with Crippen molar-refractivity contribution in [2.24, 2.45) is 5.41 Å². The Morgan fingerprint density at radius 1 is 1.53 bits per heavy atom. The first-order valence-corrected chi connectivity index (χ1v) is 5.96. The number of nitriles is 1. The Bertz CT molecular complexity index is 504. The lowest BCUT2D eigenvalue weighted by molar-refractivity contribution is -0.147. The van der Waals surface area contributed by atoms with Gasteiger partial charge < -0.3 is 15.2 Å². The Morgan fingerprint density at radius 2 is 2.21 bits per heavy atom. The number of hydrogen-bond acceptors (Lipinski definition) is 4. The lowest BCUT2D eigenvalue weighted by Crippen LogP contribution is -2.26. The van der Waals surface area contributed by atoms with Crippen LogP contribution in [-0.2, 0) is 4.79 Å². The third kappa shape index (κ3) is 3.88. The van der Waals surface area contributed by atoms with E-state index in [0.29, 0.717) is 30.0 Å². The van der Waals surface area contributed by atoms with E-state index in [1.54, 1.807) is 39.2 Å². The lowest BCUT2D eigenvalue weighted by atomic mass is 9.89. The Hall–Kier alpha value is -2.22. The highest BCUT2D eigenvalue weighted by Gasteiger charge is 2.26. The fraction of sp³-hybridized carbons (Fsp3) is 0.429. The van der Waals surface area contributed by atoms with Crippen LogP contribution in [0.25, 0.3) is 0 Å². The highest BCUT2D eigenvalue weighted by molar-refractivity contribution is 5.73. The van der Waals surface area contributed by atoms with Crippen LogP contribution in [0.1, 0.15) is 25.8 Å². The summed E-state index contributed by atoms with van der Waals surface area (Å²) in [6, 6.07) is 7.19.